The van der Waals surface area contributed by atoms with Gasteiger partial charge in [0.1, 0.15) is 12.6 Å². The number of unbranched alkanes of at least 4 members (excludes halogenated alkanes) is 1. The molecule has 0 fully saturated rings. The lowest BCUT2D eigenvalue weighted by atomic mass is 10.2. The van der Waals surface area contributed by atoms with Crippen LogP contribution < -0.4 is 10.6 Å². The number of hydrogen-bond acceptors (Lipinski definition) is 6. The van der Waals surface area contributed by atoms with Crippen LogP contribution in [0.3, 0.4) is 0 Å². The number of esters is 1. The Bertz CT molecular complexity index is 638. The molecule has 27 heavy (non-hydrogen) atoms. The Kier molecular flexibility index (Phi) is 12.5. The smallest absolute Gasteiger partial charge is 0.407 e. The number of benzene rings is 1. The van der Waals surface area contributed by atoms with Gasteiger partial charge < -0.3 is 20.1 Å². The fourth-order valence-corrected chi connectivity index (χ4v) is 1.67. The van der Waals surface area contributed by atoms with E-state index in [-0.39, 0.29) is 6.54 Å². The molecule has 1 unspecified atom stereocenters. The van der Waals surface area contributed by atoms with E-state index in [0.29, 0.717) is 6.61 Å². The van der Waals surface area contributed by atoms with Gasteiger partial charge in [-0.15, -0.1) is 0 Å². The third kappa shape index (κ3) is 12.0. The first kappa shape index (κ1) is 23.9. The molecular formula is C19H27N3O5. The van der Waals surface area contributed by atoms with Crippen molar-refractivity contribution in [2.45, 2.75) is 39.7 Å². The van der Waals surface area contributed by atoms with Gasteiger partial charge in [0, 0.05) is 0 Å². The molecule has 0 aliphatic heterocycles. The van der Waals surface area contributed by atoms with Crippen LogP contribution in [0, 0.1) is 18.3 Å². The maximum Gasteiger partial charge on any atom is 0.407 e. The first-order chi connectivity index (χ1) is 12.8. The molecule has 0 aliphatic carbocycles. The molecule has 1 aromatic carbocycles. The Morgan fingerprint density at radius 3 is 2.37 bits per heavy atom. The maximum absolute atomic E-state index is 11.3. The molecule has 1 rings (SSSR count). The number of aryl methyl sites for hydroxylation is 1. The van der Waals surface area contributed by atoms with Crippen LogP contribution in [-0.2, 0) is 19.1 Å². The second-order valence-corrected chi connectivity index (χ2v) is 5.63. The minimum absolute atomic E-state index is 0.244. The largest absolute Gasteiger partial charge is 0.467 e. The zero-order chi connectivity index (χ0) is 20.7. The Balaban J connectivity index is 0.000000621. The standard InChI is InChI=1S/C11H20N2O5.C8H7N/c1-4-5-6-18-11(16)12-7-9(14)13-8(2)10(15)17-3;1-7-2-4-8(6-9)5-3-7/h8H,4-7H2,1-3H3,(H,12,16)(H,13,14);2-5H,1H3. The lowest BCUT2D eigenvalue weighted by Gasteiger charge is -2.11. The molecular weight excluding hydrogens is 350 g/mol. The number of nitrogens with zero attached hydrogens (tertiary/aromatic N) is 1. The van der Waals surface area contributed by atoms with Gasteiger partial charge in [-0.3, -0.25) is 4.79 Å². The number of rotatable bonds is 7. The van der Waals surface area contributed by atoms with Gasteiger partial charge in [-0.2, -0.15) is 5.26 Å². The number of alkyl carbamates (subject to hydrolysis) is 1. The third-order valence-electron chi connectivity index (χ3n) is 3.24. The summed E-state index contributed by atoms with van der Waals surface area (Å²) in [6.07, 6.45) is 1.05. The lowest BCUT2D eigenvalue weighted by molar-refractivity contribution is -0.144. The van der Waals surface area contributed by atoms with Crippen molar-refractivity contribution in [1.29, 1.82) is 5.26 Å². The van der Waals surface area contributed by atoms with Crippen molar-refractivity contribution in [3.63, 3.8) is 0 Å². The van der Waals surface area contributed by atoms with Crippen molar-refractivity contribution >= 4 is 18.0 Å². The molecule has 1 atom stereocenters. The molecule has 1 aromatic rings. The average Bonchev–Trinajstić information content (AvgIpc) is 2.67. The molecule has 0 bridgehead atoms. The summed E-state index contributed by atoms with van der Waals surface area (Å²) in [6.45, 7) is 5.54. The summed E-state index contributed by atoms with van der Waals surface area (Å²) >= 11 is 0. The van der Waals surface area contributed by atoms with Crippen LogP contribution >= 0.6 is 0 Å². The summed E-state index contributed by atoms with van der Waals surface area (Å²) in [5.74, 6) is -1.03. The number of nitriles is 1. The van der Waals surface area contributed by atoms with Gasteiger partial charge in [0.2, 0.25) is 5.91 Å². The molecule has 0 aliphatic rings. The zero-order valence-corrected chi connectivity index (χ0v) is 16.2. The van der Waals surface area contributed by atoms with Crippen molar-refractivity contribution in [3.05, 3.63) is 35.4 Å². The van der Waals surface area contributed by atoms with Crippen molar-refractivity contribution in [1.82, 2.24) is 10.6 Å². The maximum atomic E-state index is 11.3. The first-order valence-corrected chi connectivity index (χ1v) is 8.58. The summed E-state index contributed by atoms with van der Waals surface area (Å²) in [4.78, 5) is 33.4. The highest BCUT2D eigenvalue weighted by Gasteiger charge is 2.16. The van der Waals surface area contributed by atoms with Crippen LogP contribution in [0.5, 0.6) is 0 Å². The predicted molar refractivity (Wildman–Crippen MR) is 99.8 cm³/mol. The van der Waals surface area contributed by atoms with Gasteiger partial charge in [0.05, 0.1) is 25.3 Å². The molecule has 8 heteroatoms. The lowest BCUT2D eigenvalue weighted by Crippen LogP contribution is -2.44. The highest BCUT2D eigenvalue weighted by molar-refractivity contribution is 5.86. The van der Waals surface area contributed by atoms with Crippen LogP contribution in [-0.4, -0.2) is 44.3 Å². The topological polar surface area (TPSA) is 118 Å². The summed E-state index contributed by atoms with van der Waals surface area (Å²) in [5, 5.41) is 13.0. The van der Waals surface area contributed by atoms with E-state index in [1.807, 2.05) is 38.1 Å². The number of carbonyl (C=O) groups is 3. The fraction of sp³-hybridized carbons (Fsp3) is 0.474. The number of carbonyl (C=O) groups excluding carboxylic acids is 3. The van der Waals surface area contributed by atoms with Crippen LogP contribution in [0.1, 0.15) is 37.8 Å². The van der Waals surface area contributed by atoms with Gasteiger partial charge in [-0.25, -0.2) is 9.59 Å². The molecule has 0 aromatic heterocycles. The van der Waals surface area contributed by atoms with Crippen molar-refractivity contribution in [3.8, 4) is 6.07 Å². The van der Waals surface area contributed by atoms with E-state index in [9.17, 15) is 14.4 Å². The summed E-state index contributed by atoms with van der Waals surface area (Å²) in [7, 11) is 1.23. The predicted octanol–water partition coefficient (Wildman–Crippen LogP) is 2.06. The second kappa shape index (κ2) is 14.1. The molecule has 0 saturated heterocycles. The van der Waals surface area contributed by atoms with Crippen molar-refractivity contribution in [2.24, 2.45) is 0 Å². The van der Waals surface area contributed by atoms with Gasteiger partial charge >= 0.3 is 12.1 Å². The monoisotopic (exact) mass is 377 g/mol. The van der Waals surface area contributed by atoms with E-state index < -0.39 is 24.0 Å². The van der Waals surface area contributed by atoms with E-state index in [1.54, 1.807) is 0 Å². The Labute approximate surface area is 159 Å². The second-order valence-electron chi connectivity index (χ2n) is 5.63. The fourth-order valence-electron chi connectivity index (χ4n) is 1.67. The van der Waals surface area contributed by atoms with Crippen molar-refractivity contribution in [2.75, 3.05) is 20.3 Å². The van der Waals surface area contributed by atoms with Gasteiger partial charge in [-0.1, -0.05) is 31.0 Å². The van der Waals surface area contributed by atoms with Crippen LogP contribution in [0.15, 0.2) is 24.3 Å². The zero-order valence-electron chi connectivity index (χ0n) is 16.2. The van der Waals surface area contributed by atoms with Crippen LogP contribution in [0.4, 0.5) is 4.79 Å². The number of hydrogen-bond donors (Lipinski definition) is 2. The Hall–Kier alpha value is -3.08. The number of methoxy groups -OCH3 is 1. The minimum atomic E-state index is -0.750. The highest BCUT2D eigenvalue weighted by atomic mass is 16.5. The summed E-state index contributed by atoms with van der Waals surface area (Å²) < 4.78 is 9.22. The third-order valence-corrected chi connectivity index (χ3v) is 3.24. The Morgan fingerprint density at radius 2 is 1.85 bits per heavy atom. The number of ether oxygens (including phenoxy) is 2. The summed E-state index contributed by atoms with van der Waals surface area (Å²) in [5.41, 5.74) is 1.91. The molecule has 0 spiro atoms. The molecule has 8 nitrogen and oxygen atoms in total. The molecule has 148 valence electrons. The SMILES string of the molecule is CCCCOC(=O)NCC(=O)NC(C)C(=O)OC.Cc1ccc(C#N)cc1. The van der Waals surface area contributed by atoms with Crippen LogP contribution in [0.25, 0.3) is 0 Å². The van der Waals surface area contributed by atoms with E-state index in [4.69, 9.17) is 10.00 Å². The van der Waals surface area contributed by atoms with E-state index in [2.05, 4.69) is 21.4 Å². The average molecular weight is 377 g/mol. The number of nitrogens with one attached hydrogen (secondary N) is 2. The van der Waals surface area contributed by atoms with E-state index in [1.165, 1.54) is 19.6 Å². The summed E-state index contributed by atoms with van der Waals surface area (Å²) in [6, 6.07) is 8.79. The van der Waals surface area contributed by atoms with Crippen molar-refractivity contribution < 1.29 is 23.9 Å². The molecule has 0 saturated carbocycles. The van der Waals surface area contributed by atoms with E-state index in [0.717, 1.165) is 18.4 Å². The number of amides is 2. The quantitative estimate of drug-likeness (QED) is 0.555. The van der Waals surface area contributed by atoms with Gasteiger partial charge in [0.15, 0.2) is 0 Å². The highest BCUT2D eigenvalue weighted by Crippen LogP contribution is 1.99. The molecule has 2 amide bonds. The molecule has 0 radical (unpaired) electrons. The van der Waals surface area contributed by atoms with E-state index >= 15 is 0 Å². The first-order valence-electron chi connectivity index (χ1n) is 8.58. The normalized spacial score (nSPS) is 10.3. The molecule has 2 N–H and O–H groups in total. The van der Waals surface area contributed by atoms with Gasteiger partial charge in [-0.05, 0) is 32.4 Å². The minimum Gasteiger partial charge on any atom is -0.467 e. The molecule has 0 heterocycles. The Morgan fingerprint density at radius 1 is 1.22 bits per heavy atom. The van der Waals surface area contributed by atoms with Gasteiger partial charge in [0.25, 0.3) is 0 Å². The van der Waals surface area contributed by atoms with Crippen LogP contribution in [0.2, 0.25) is 0 Å².